The first-order valence-corrected chi connectivity index (χ1v) is 5.33. The maximum atomic E-state index is 11.9. The van der Waals surface area contributed by atoms with Gasteiger partial charge in [0.2, 0.25) is 0 Å². The van der Waals surface area contributed by atoms with E-state index >= 15 is 0 Å². The number of nitrogens with zero attached hydrogens (tertiary/aromatic N) is 3. The first-order chi connectivity index (χ1) is 7.18. The summed E-state index contributed by atoms with van der Waals surface area (Å²) >= 11 is 0. The zero-order valence-electron chi connectivity index (χ0n) is 9.10. The monoisotopic (exact) mass is 208 g/mol. The van der Waals surface area contributed by atoms with Crippen LogP contribution in [0, 0.1) is 11.8 Å². The zero-order chi connectivity index (χ0) is 10.8. The molecule has 0 aromatic carbocycles. The fourth-order valence-electron chi connectivity index (χ4n) is 1.91. The van der Waals surface area contributed by atoms with Crippen LogP contribution in [0.1, 0.15) is 30.8 Å². The highest BCUT2D eigenvalue weighted by Gasteiger charge is 2.27. The molecular formula is C10H16N4O. The Hall–Kier alpha value is -1.39. The molecule has 1 aliphatic heterocycles. The average Bonchev–Trinajstić information content (AvgIpc) is 2.74. The quantitative estimate of drug-likeness (QED) is 0.746. The lowest BCUT2D eigenvalue weighted by molar-refractivity contribution is 0.0621. The number of carbonyl (C=O) groups is 1. The van der Waals surface area contributed by atoms with Crippen molar-refractivity contribution in [3.8, 4) is 0 Å². The molecule has 0 bridgehead atoms. The van der Waals surface area contributed by atoms with Crippen LogP contribution in [0.15, 0.2) is 6.20 Å². The fraction of sp³-hybridized carbons (Fsp3) is 0.700. The van der Waals surface area contributed by atoms with Gasteiger partial charge in [0.15, 0.2) is 5.69 Å². The summed E-state index contributed by atoms with van der Waals surface area (Å²) < 4.78 is 0. The van der Waals surface area contributed by atoms with Gasteiger partial charge in [0.25, 0.3) is 5.91 Å². The Kier molecular flexibility index (Phi) is 2.70. The van der Waals surface area contributed by atoms with E-state index in [1.165, 1.54) is 6.20 Å². The van der Waals surface area contributed by atoms with E-state index in [9.17, 15) is 4.79 Å². The summed E-state index contributed by atoms with van der Waals surface area (Å²) in [5.41, 5.74) is 0.414. The van der Waals surface area contributed by atoms with Gasteiger partial charge in [-0.3, -0.25) is 4.79 Å². The number of piperidine rings is 1. The van der Waals surface area contributed by atoms with Crippen molar-refractivity contribution in [1.82, 2.24) is 20.3 Å². The van der Waals surface area contributed by atoms with Crippen LogP contribution in [0.4, 0.5) is 0 Å². The number of nitrogens with one attached hydrogen (secondary N) is 1. The van der Waals surface area contributed by atoms with E-state index in [0.717, 1.165) is 19.5 Å². The number of rotatable bonds is 1. The van der Waals surface area contributed by atoms with Crippen LogP contribution in [0.25, 0.3) is 0 Å². The average molecular weight is 208 g/mol. The summed E-state index contributed by atoms with van der Waals surface area (Å²) in [6.45, 7) is 6.08. The van der Waals surface area contributed by atoms with Crippen LogP contribution in [-0.4, -0.2) is 39.3 Å². The van der Waals surface area contributed by atoms with Crippen molar-refractivity contribution < 1.29 is 4.79 Å². The van der Waals surface area contributed by atoms with E-state index in [1.807, 2.05) is 4.90 Å². The molecule has 1 aromatic heterocycles. The summed E-state index contributed by atoms with van der Waals surface area (Å²) in [6.07, 6.45) is 2.55. The van der Waals surface area contributed by atoms with Gasteiger partial charge in [-0.15, -0.1) is 0 Å². The lowest BCUT2D eigenvalue weighted by Crippen LogP contribution is -2.42. The molecule has 82 valence electrons. The Morgan fingerprint density at radius 2 is 2.33 bits per heavy atom. The highest BCUT2D eigenvalue weighted by atomic mass is 16.2. The van der Waals surface area contributed by atoms with Gasteiger partial charge >= 0.3 is 0 Å². The van der Waals surface area contributed by atoms with Crippen LogP contribution in [0.3, 0.4) is 0 Å². The molecule has 0 saturated carbocycles. The van der Waals surface area contributed by atoms with Crippen LogP contribution in [-0.2, 0) is 0 Å². The van der Waals surface area contributed by atoms with Gasteiger partial charge in [-0.2, -0.15) is 15.4 Å². The first-order valence-electron chi connectivity index (χ1n) is 5.33. The fourth-order valence-corrected chi connectivity index (χ4v) is 1.91. The van der Waals surface area contributed by atoms with Crippen molar-refractivity contribution >= 4 is 5.91 Å². The number of hydrogen-bond acceptors (Lipinski definition) is 3. The Balaban J connectivity index is 2.03. The minimum atomic E-state index is -0.0116. The number of H-pyrrole nitrogens is 1. The molecule has 5 nitrogen and oxygen atoms in total. The van der Waals surface area contributed by atoms with Crippen LogP contribution in [0.5, 0.6) is 0 Å². The molecule has 1 fully saturated rings. The second kappa shape index (κ2) is 4.00. The van der Waals surface area contributed by atoms with Gasteiger partial charge in [-0.25, -0.2) is 0 Å². The minimum absolute atomic E-state index is 0.0116. The number of aromatic nitrogens is 3. The lowest BCUT2D eigenvalue weighted by Gasteiger charge is -2.34. The van der Waals surface area contributed by atoms with Crippen LogP contribution < -0.4 is 0 Å². The van der Waals surface area contributed by atoms with Gasteiger partial charge in [0.05, 0.1) is 6.20 Å². The van der Waals surface area contributed by atoms with Gasteiger partial charge in [-0.05, 0) is 18.3 Å². The van der Waals surface area contributed by atoms with Crippen LogP contribution in [0.2, 0.25) is 0 Å². The van der Waals surface area contributed by atoms with Crippen molar-refractivity contribution in [1.29, 1.82) is 0 Å². The molecule has 5 heteroatoms. The Labute approximate surface area is 88.9 Å². The Morgan fingerprint density at radius 1 is 1.53 bits per heavy atom. The third-order valence-electron chi connectivity index (χ3n) is 3.26. The molecule has 0 aliphatic carbocycles. The summed E-state index contributed by atoms with van der Waals surface area (Å²) in [6, 6.07) is 0. The molecule has 15 heavy (non-hydrogen) atoms. The molecule has 2 unspecified atom stereocenters. The normalized spacial score (nSPS) is 26.7. The Morgan fingerprint density at radius 3 is 2.93 bits per heavy atom. The molecule has 1 aromatic rings. The first kappa shape index (κ1) is 10.1. The highest BCUT2D eigenvalue weighted by Crippen LogP contribution is 2.23. The smallest absolute Gasteiger partial charge is 0.276 e. The van der Waals surface area contributed by atoms with Crippen molar-refractivity contribution in [2.45, 2.75) is 20.3 Å². The lowest BCUT2D eigenvalue weighted by atomic mass is 9.88. The number of likely N-dealkylation sites (tertiary alicyclic amines) is 1. The molecule has 1 amide bonds. The molecule has 0 spiro atoms. The molecular weight excluding hydrogens is 192 g/mol. The second-order valence-electron chi connectivity index (χ2n) is 4.35. The second-order valence-corrected chi connectivity index (χ2v) is 4.35. The van der Waals surface area contributed by atoms with E-state index < -0.39 is 0 Å². The molecule has 2 heterocycles. The predicted molar refractivity (Wildman–Crippen MR) is 55.2 cm³/mol. The SMILES string of the molecule is CC1CCN(C(=O)c2cn[nH]n2)CC1C. The van der Waals surface area contributed by atoms with Gasteiger partial charge in [0.1, 0.15) is 0 Å². The molecule has 1 N–H and O–H groups in total. The van der Waals surface area contributed by atoms with Crippen LogP contribution >= 0.6 is 0 Å². The van der Waals surface area contributed by atoms with Gasteiger partial charge < -0.3 is 4.90 Å². The predicted octanol–water partition coefficient (Wildman–Crippen LogP) is 0.923. The van der Waals surface area contributed by atoms with Crippen molar-refractivity contribution in [3.05, 3.63) is 11.9 Å². The van der Waals surface area contributed by atoms with Crippen molar-refractivity contribution in [3.63, 3.8) is 0 Å². The third kappa shape index (κ3) is 2.00. The zero-order valence-corrected chi connectivity index (χ0v) is 9.10. The standard InChI is InChI=1S/C10H16N4O/c1-7-3-4-14(6-8(7)2)10(15)9-5-11-13-12-9/h5,7-8H,3-4,6H2,1-2H3,(H,11,12,13). The summed E-state index contributed by atoms with van der Waals surface area (Å²) in [5, 5.41) is 9.92. The van der Waals surface area contributed by atoms with E-state index in [1.54, 1.807) is 0 Å². The topological polar surface area (TPSA) is 61.9 Å². The van der Waals surface area contributed by atoms with E-state index in [0.29, 0.717) is 17.5 Å². The van der Waals surface area contributed by atoms with E-state index in [4.69, 9.17) is 0 Å². The molecule has 1 aliphatic rings. The maximum Gasteiger partial charge on any atom is 0.276 e. The molecule has 1 saturated heterocycles. The largest absolute Gasteiger partial charge is 0.337 e. The highest BCUT2D eigenvalue weighted by molar-refractivity contribution is 5.91. The van der Waals surface area contributed by atoms with Gasteiger partial charge in [0, 0.05) is 13.1 Å². The maximum absolute atomic E-state index is 11.9. The number of amides is 1. The summed E-state index contributed by atoms with van der Waals surface area (Å²) in [7, 11) is 0. The molecule has 0 radical (unpaired) electrons. The molecule has 2 atom stereocenters. The van der Waals surface area contributed by atoms with Gasteiger partial charge in [-0.1, -0.05) is 13.8 Å². The minimum Gasteiger partial charge on any atom is -0.337 e. The number of carbonyl (C=O) groups excluding carboxylic acids is 1. The summed E-state index contributed by atoms with van der Waals surface area (Å²) in [4.78, 5) is 13.8. The van der Waals surface area contributed by atoms with E-state index in [-0.39, 0.29) is 5.91 Å². The van der Waals surface area contributed by atoms with Crippen molar-refractivity contribution in [2.75, 3.05) is 13.1 Å². The van der Waals surface area contributed by atoms with E-state index in [2.05, 4.69) is 29.3 Å². The summed E-state index contributed by atoms with van der Waals surface area (Å²) in [5.74, 6) is 1.25. The molecule has 2 rings (SSSR count). The number of hydrogen-bond donors (Lipinski definition) is 1. The van der Waals surface area contributed by atoms with Crippen molar-refractivity contribution in [2.24, 2.45) is 11.8 Å². The number of aromatic amines is 1. The Bertz CT molecular complexity index is 335. The third-order valence-corrected chi connectivity index (χ3v) is 3.26.